The lowest BCUT2D eigenvalue weighted by Gasteiger charge is -2.27. The predicted octanol–water partition coefficient (Wildman–Crippen LogP) is 5.14. The minimum absolute atomic E-state index is 0.110. The lowest BCUT2D eigenvalue weighted by atomic mass is 10.1. The SMILES string of the molecule is COc1cc(C(=O)N2C[C@H]3CC[C@@H]2[C@@H]3NC(=O)O)cc2nc(-c3cc4ccccc4n3CC3CC3)n(CC3CCN(c4cncc(C#N)n4)C3)c12. The molecule has 2 aliphatic carbocycles. The summed E-state index contributed by atoms with van der Waals surface area (Å²) in [5.74, 6) is 2.98. The van der Waals surface area contributed by atoms with Crippen LogP contribution in [0.25, 0.3) is 33.5 Å². The van der Waals surface area contributed by atoms with Crippen molar-refractivity contribution in [2.45, 2.75) is 57.3 Å². The summed E-state index contributed by atoms with van der Waals surface area (Å²) in [6.45, 7) is 3.65. The highest BCUT2D eigenvalue weighted by Gasteiger charge is 2.49. The number of aromatic nitrogens is 5. The molecule has 3 aromatic heterocycles. The molecule has 2 amide bonds. The average Bonchev–Trinajstić information content (AvgIpc) is 3.48. The highest BCUT2D eigenvalue weighted by atomic mass is 16.5. The van der Waals surface area contributed by atoms with Crippen LogP contribution >= 0.6 is 0 Å². The van der Waals surface area contributed by atoms with Gasteiger partial charge >= 0.3 is 6.09 Å². The minimum Gasteiger partial charge on any atom is -0.494 e. The van der Waals surface area contributed by atoms with Crippen LogP contribution in [0.1, 0.15) is 48.2 Å². The summed E-state index contributed by atoms with van der Waals surface area (Å²) >= 11 is 0. The smallest absolute Gasteiger partial charge is 0.404 e. The molecule has 2 saturated carbocycles. The highest BCUT2D eigenvalue weighted by molar-refractivity contribution is 6.00. The molecular weight excluding hydrogens is 646 g/mol. The number of nitrogens with zero attached hydrogens (tertiary/aromatic N) is 8. The second-order valence-corrected chi connectivity index (χ2v) is 14.5. The van der Waals surface area contributed by atoms with E-state index >= 15 is 0 Å². The van der Waals surface area contributed by atoms with E-state index in [1.807, 2.05) is 17.0 Å². The van der Waals surface area contributed by atoms with Gasteiger partial charge in [0.25, 0.3) is 5.91 Å². The van der Waals surface area contributed by atoms with Gasteiger partial charge in [-0.05, 0) is 74.1 Å². The van der Waals surface area contributed by atoms with Gasteiger partial charge in [-0.1, -0.05) is 18.2 Å². The highest BCUT2D eigenvalue weighted by Crippen LogP contribution is 2.42. The first kappa shape index (κ1) is 31.3. The number of carboxylic acid groups (broad SMARTS) is 1. The molecule has 0 radical (unpaired) electrons. The first-order chi connectivity index (χ1) is 24.9. The zero-order chi connectivity index (χ0) is 34.8. The molecule has 4 aliphatic rings. The fourth-order valence-corrected chi connectivity index (χ4v) is 8.80. The van der Waals surface area contributed by atoms with Crippen LogP contribution < -0.4 is 15.0 Å². The zero-order valence-electron chi connectivity index (χ0n) is 28.4. The van der Waals surface area contributed by atoms with E-state index in [2.05, 4.69) is 65.7 Å². The van der Waals surface area contributed by atoms with Crippen LogP contribution in [0.2, 0.25) is 0 Å². The van der Waals surface area contributed by atoms with Crippen LogP contribution in [0.5, 0.6) is 5.75 Å². The van der Waals surface area contributed by atoms with Gasteiger partial charge in [-0.25, -0.2) is 14.8 Å². The third-order valence-electron chi connectivity index (χ3n) is 11.4. The van der Waals surface area contributed by atoms with Crippen LogP contribution in [-0.4, -0.2) is 84.9 Å². The van der Waals surface area contributed by atoms with E-state index in [4.69, 9.17) is 9.72 Å². The van der Waals surface area contributed by atoms with E-state index < -0.39 is 6.09 Å². The Balaban J connectivity index is 1.13. The number of ether oxygens (including phenoxy) is 1. The Hall–Kier alpha value is -5.64. The van der Waals surface area contributed by atoms with Gasteiger partial charge in [0.2, 0.25) is 0 Å². The van der Waals surface area contributed by atoms with Crippen molar-refractivity contribution in [1.29, 1.82) is 5.26 Å². The second-order valence-electron chi connectivity index (χ2n) is 14.5. The number of piperidine rings is 1. The van der Waals surface area contributed by atoms with Crippen LogP contribution in [0.15, 0.2) is 54.9 Å². The van der Waals surface area contributed by atoms with Crippen LogP contribution in [0.3, 0.4) is 0 Å². The number of benzene rings is 2. The molecule has 0 spiro atoms. The largest absolute Gasteiger partial charge is 0.494 e. The van der Waals surface area contributed by atoms with Gasteiger partial charge in [0.1, 0.15) is 23.2 Å². The number of likely N-dealkylation sites (tertiary alicyclic amines) is 1. The number of anilines is 1. The number of fused-ring (bicyclic) bond motifs is 4. The van der Waals surface area contributed by atoms with E-state index in [1.54, 1.807) is 13.3 Å². The van der Waals surface area contributed by atoms with Gasteiger partial charge in [-0.3, -0.25) is 9.78 Å². The molecular formula is C38H39N9O4. The summed E-state index contributed by atoms with van der Waals surface area (Å²) in [6, 6.07) is 16.1. The first-order valence-corrected chi connectivity index (χ1v) is 17.8. The standard InChI is InChI=1S/C38H39N9O4/c1-51-32-14-26(37(48)46-21-25-8-9-30(46)34(25)43-38(49)50)12-28-35(32)47(20-23-10-11-44(18-23)33-17-40-16-27(15-39)41-33)36(42-28)31-13-24-4-2-3-5-29(24)45(31)19-22-6-7-22/h2-5,12-14,16-17,22-23,25,30,34,43H,6-11,18-21H2,1H3,(H,49,50)/t23?,25-,30-,34-/m1/s1. The molecule has 1 unspecified atom stereocenters. The molecule has 2 N–H and O–H groups in total. The predicted molar refractivity (Wildman–Crippen MR) is 190 cm³/mol. The second kappa shape index (κ2) is 12.3. The van der Waals surface area contributed by atoms with Crippen molar-refractivity contribution >= 4 is 39.8 Å². The van der Waals surface area contributed by atoms with Crippen molar-refractivity contribution < 1.29 is 19.4 Å². The fourth-order valence-electron chi connectivity index (χ4n) is 8.80. The third-order valence-corrected chi connectivity index (χ3v) is 11.4. The molecule has 4 atom stereocenters. The van der Waals surface area contributed by atoms with Crippen molar-refractivity contribution in [1.82, 2.24) is 34.3 Å². The molecule has 5 aromatic rings. The van der Waals surface area contributed by atoms with Gasteiger partial charge in [0.05, 0.1) is 42.8 Å². The molecule has 2 saturated heterocycles. The normalized spacial score (nSPS) is 22.6. The zero-order valence-corrected chi connectivity index (χ0v) is 28.4. The van der Waals surface area contributed by atoms with E-state index in [9.17, 15) is 20.0 Å². The number of carbonyl (C=O) groups excluding carboxylic acids is 1. The van der Waals surface area contributed by atoms with Gasteiger partial charge in [-0.2, -0.15) is 5.26 Å². The summed E-state index contributed by atoms with van der Waals surface area (Å²) in [5, 5.41) is 22.7. The number of hydrogen-bond donors (Lipinski definition) is 2. The molecule has 260 valence electrons. The lowest BCUT2D eigenvalue weighted by molar-refractivity contribution is 0.0697. The molecule has 2 aliphatic heterocycles. The maximum Gasteiger partial charge on any atom is 0.404 e. The van der Waals surface area contributed by atoms with Crippen LogP contribution in [0.4, 0.5) is 10.6 Å². The molecule has 2 aromatic carbocycles. The summed E-state index contributed by atoms with van der Waals surface area (Å²) in [7, 11) is 1.63. The summed E-state index contributed by atoms with van der Waals surface area (Å²) in [4.78, 5) is 43.7. The lowest BCUT2D eigenvalue weighted by Crippen LogP contribution is -2.45. The number of hydrogen-bond acceptors (Lipinski definition) is 8. The number of rotatable bonds is 9. The number of para-hydroxylation sites is 1. The number of nitriles is 1. The maximum absolute atomic E-state index is 14.2. The van der Waals surface area contributed by atoms with Crippen LogP contribution in [0, 0.1) is 29.1 Å². The van der Waals surface area contributed by atoms with Crippen molar-refractivity contribution in [3.63, 3.8) is 0 Å². The average molecular weight is 686 g/mol. The van der Waals surface area contributed by atoms with Gasteiger partial charge in [0, 0.05) is 49.2 Å². The number of imidazole rings is 1. The van der Waals surface area contributed by atoms with Gasteiger partial charge < -0.3 is 34.1 Å². The van der Waals surface area contributed by atoms with E-state index in [0.29, 0.717) is 47.3 Å². The molecule has 4 fully saturated rings. The Morgan fingerprint density at radius 2 is 1.84 bits per heavy atom. The molecule has 2 bridgehead atoms. The topological polar surface area (TPSA) is 154 Å². The van der Waals surface area contributed by atoms with Crippen molar-refractivity contribution in [3.8, 4) is 23.3 Å². The Morgan fingerprint density at radius 3 is 2.65 bits per heavy atom. The van der Waals surface area contributed by atoms with Gasteiger partial charge in [-0.15, -0.1) is 0 Å². The molecule has 9 rings (SSSR count). The number of nitrogens with one attached hydrogen (secondary N) is 1. The molecule has 13 heteroatoms. The number of methoxy groups -OCH3 is 1. The molecule has 5 heterocycles. The van der Waals surface area contributed by atoms with Crippen molar-refractivity contribution in [2.24, 2.45) is 17.8 Å². The van der Waals surface area contributed by atoms with Crippen molar-refractivity contribution in [2.75, 3.05) is 31.6 Å². The summed E-state index contributed by atoms with van der Waals surface area (Å²) in [5.41, 5.74) is 4.52. The monoisotopic (exact) mass is 685 g/mol. The molecule has 51 heavy (non-hydrogen) atoms. The Morgan fingerprint density at radius 1 is 1.00 bits per heavy atom. The summed E-state index contributed by atoms with van der Waals surface area (Å²) in [6.07, 6.45) is 7.17. The van der Waals surface area contributed by atoms with E-state index in [0.717, 1.165) is 61.3 Å². The van der Waals surface area contributed by atoms with E-state index in [1.165, 1.54) is 24.6 Å². The van der Waals surface area contributed by atoms with Crippen LogP contribution in [-0.2, 0) is 13.1 Å². The Kier molecular flexibility index (Phi) is 7.56. The Bertz CT molecular complexity index is 2230. The fraction of sp³-hybridized carbons (Fsp3) is 0.421. The van der Waals surface area contributed by atoms with Crippen molar-refractivity contribution in [3.05, 3.63) is 66.1 Å². The molecule has 13 nitrogen and oxygen atoms in total. The minimum atomic E-state index is -1.06. The first-order valence-electron chi connectivity index (χ1n) is 17.8. The number of carbonyl (C=O) groups is 2. The maximum atomic E-state index is 14.2. The van der Waals surface area contributed by atoms with Gasteiger partial charge in [0.15, 0.2) is 11.5 Å². The summed E-state index contributed by atoms with van der Waals surface area (Å²) < 4.78 is 10.7. The number of amides is 2. The third kappa shape index (κ3) is 5.49. The van der Waals surface area contributed by atoms with E-state index in [-0.39, 0.29) is 29.8 Å². The Labute approximate surface area is 294 Å². The quantitative estimate of drug-likeness (QED) is 0.215.